The van der Waals surface area contributed by atoms with E-state index in [1.807, 2.05) is 12.2 Å². The van der Waals surface area contributed by atoms with Crippen LogP contribution in [0.3, 0.4) is 0 Å². The molecule has 0 aromatic heterocycles. The average Bonchev–Trinajstić information content (AvgIpc) is 3.36. The smallest absolute Gasteiger partial charge is 0.310 e. The van der Waals surface area contributed by atoms with Crippen LogP contribution >= 0.6 is 0 Å². The number of hydrogen-bond donors (Lipinski definition) is 0. The van der Waals surface area contributed by atoms with Gasteiger partial charge in [0, 0.05) is 13.0 Å². The summed E-state index contributed by atoms with van der Waals surface area (Å²) in [6, 6.07) is 0. The molecule has 0 radical (unpaired) electrons. The topological polar surface area (TPSA) is 61.8 Å². The van der Waals surface area contributed by atoms with Crippen molar-refractivity contribution in [1.29, 1.82) is 0 Å². The Kier molecular flexibility index (Phi) is 55.5. The summed E-state index contributed by atoms with van der Waals surface area (Å²) >= 11 is 0. The fraction of sp³-hybridized carbons (Fsp3) is 0.600. The van der Waals surface area contributed by atoms with Gasteiger partial charge in [-0.2, -0.15) is 0 Å². The van der Waals surface area contributed by atoms with Gasteiger partial charge in [-0.25, -0.2) is 0 Å². The lowest BCUT2D eigenvalue weighted by molar-refractivity contribution is -0.162. The molecule has 394 valence electrons. The van der Waals surface area contributed by atoms with E-state index in [-0.39, 0.29) is 31.6 Å². The second-order valence-electron chi connectivity index (χ2n) is 18.1. The first-order valence-electron chi connectivity index (χ1n) is 28.4. The van der Waals surface area contributed by atoms with E-state index in [9.17, 15) is 9.59 Å². The van der Waals surface area contributed by atoms with Gasteiger partial charge < -0.3 is 14.2 Å². The average molecular weight is 966 g/mol. The van der Waals surface area contributed by atoms with Gasteiger partial charge in [-0.15, -0.1) is 0 Å². The molecule has 0 saturated heterocycles. The first-order valence-corrected chi connectivity index (χ1v) is 28.4. The predicted molar refractivity (Wildman–Crippen MR) is 306 cm³/mol. The zero-order valence-corrected chi connectivity index (χ0v) is 45.2. The van der Waals surface area contributed by atoms with Crippen molar-refractivity contribution in [2.75, 3.05) is 19.8 Å². The quantitative estimate of drug-likeness (QED) is 0.0345. The minimum atomic E-state index is -0.614. The largest absolute Gasteiger partial charge is 0.462 e. The van der Waals surface area contributed by atoms with Crippen LogP contribution in [-0.2, 0) is 23.8 Å². The second kappa shape index (κ2) is 59.1. The number of ether oxygens (including phenoxy) is 3. The van der Waals surface area contributed by atoms with E-state index in [2.05, 4.69) is 154 Å². The van der Waals surface area contributed by atoms with Crippen LogP contribution in [0.15, 0.2) is 146 Å². The molecule has 0 aromatic carbocycles. The molecule has 0 heterocycles. The van der Waals surface area contributed by atoms with Crippen LogP contribution in [0.25, 0.3) is 0 Å². The van der Waals surface area contributed by atoms with Gasteiger partial charge >= 0.3 is 11.9 Å². The third-order valence-corrected chi connectivity index (χ3v) is 11.4. The molecule has 0 aliphatic carbocycles. The summed E-state index contributed by atoms with van der Waals surface area (Å²) in [5.74, 6) is -0.573. The molecule has 70 heavy (non-hydrogen) atoms. The Labute approximate surface area is 431 Å². The van der Waals surface area contributed by atoms with Crippen molar-refractivity contribution in [3.8, 4) is 0 Å². The Morgan fingerprint density at radius 2 is 0.686 bits per heavy atom. The molecule has 0 amide bonds. The van der Waals surface area contributed by atoms with Crippen molar-refractivity contribution in [1.82, 2.24) is 0 Å². The molecule has 1 unspecified atom stereocenters. The van der Waals surface area contributed by atoms with Gasteiger partial charge in [-0.05, 0) is 122 Å². The molecule has 0 bridgehead atoms. The molecule has 0 aliphatic rings. The zero-order valence-electron chi connectivity index (χ0n) is 45.2. The van der Waals surface area contributed by atoms with Crippen molar-refractivity contribution in [2.24, 2.45) is 0 Å². The van der Waals surface area contributed by atoms with Crippen molar-refractivity contribution < 1.29 is 23.8 Å². The maximum Gasteiger partial charge on any atom is 0.310 e. The second-order valence-corrected chi connectivity index (χ2v) is 18.1. The SMILES string of the molecule is CC/C=C\C/C=C\C/C=C\C/C=C\C/C=C\CC(=O)OC(COCCCCCCCCC/C=C\C/C=C\C/C=C\C/C=C\CC)COC(=O)CCCCCCCC/C=C\C/C=C\C/C=C\CCCCC. The van der Waals surface area contributed by atoms with Gasteiger partial charge in [0.15, 0.2) is 6.10 Å². The molecule has 0 fully saturated rings. The van der Waals surface area contributed by atoms with Crippen LogP contribution in [-0.4, -0.2) is 37.9 Å². The molecule has 5 heteroatoms. The minimum Gasteiger partial charge on any atom is -0.462 e. The van der Waals surface area contributed by atoms with Crippen LogP contribution in [0.2, 0.25) is 0 Å². The highest BCUT2D eigenvalue weighted by molar-refractivity contribution is 5.71. The van der Waals surface area contributed by atoms with Crippen molar-refractivity contribution in [3.63, 3.8) is 0 Å². The molecule has 0 aromatic rings. The molecule has 0 saturated carbocycles. The van der Waals surface area contributed by atoms with E-state index in [1.54, 1.807) is 0 Å². The summed E-state index contributed by atoms with van der Waals surface area (Å²) < 4.78 is 17.3. The molecule has 1 atom stereocenters. The highest BCUT2D eigenvalue weighted by Crippen LogP contribution is 2.12. The molecule has 0 rings (SSSR count). The monoisotopic (exact) mass is 965 g/mol. The third-order valence-electron chi connectivity index (χ3n) is 11.4. The number of hydrogen-bond acceptors (Lipinski definition) is 5. The van der Waals surface area contributed by atoms with Gasteiger partial charge in [-0.3, -0.25) is 9.59 Å². The molecule has 0 N–H and O–H groups in total. The van der Waals surface area contributed by atoms with E-state index < -0.39 is 6.10 Å². The fourth-order valence-electron chi connectivity index (χ4n) is 7.23. The van der Waals surface area contributed by atoms with Gasteiger partial charge in [0.25, 0.3) is 0 Å². The number of esters is 2. The lowest BCUT2D eigenvalue weighted by Crippen LogP contribution is -2.29. The van der Waals surface area contributed by atoms with Gasteiger partial charge in [-0.1, -0.05) is 237 Å². The first-order chi connectivity index (χ1) is 34.6. The van der Waals surface area contributed by atoms with E-state index in [0.29, 0.717) is 13.0 Å². The number of carbonyl (C=O) groups excluding carboxylic acids is 2. The third kappa shape index (κ3) is 56.4. The zero-order chi connectivity index (χ0) is 50.6. The van der Waals surface area contributed by atoms with Crippen LogP contribution in [0.5, 0.6) is 0 Å². The Morgan fingerprint density at radius 1 is 0.343 bits per heavy atom. The summed E-state index contributed by atoms with van der Waals surface area (Å²) in [5, 5.41) is 0. The van der Waals surface area contributed by atoms with Crippen molar-refractivity contribution >= 4 is 11.9 Å². The lowest BCUT2D eigenvalue weighted by Gasteiger charge is -2.18. The van der Waals surface area contributed by atoms with Crippen molar-refractivity contribution in [2.45, 2.75) is 232 Å². The van der Waals surface area contributed by atoms with Gasteiger partial charge in [0.1, 0.15) is 6.61 Å². The van der Waals surface area contributed by atoms with Gasteiger partial charge in [0.2, 0.25) is 0 Å². The molecule has 0 aliphatic heterocycles. The number of unbranched alkanes of at least 4 members (excludes halogenated alkanes) is 16. The summed E-state index contributed by atoms with van der Waals surface area (Å²) in [6.45, 7) is 7.42. The molecule has 0 spiro atoms. The van der Waals surface area contributed by atoms with Crippen LogP contribution in [0.1, 0.15) is 226 Å². The number of allylic oxidation sites excluding steroid dienone is 23. The van der Waals surface area contributed by atoms with E-state index in [0.717, 1.165) is 116 Å². The summed E-state index contributed by atoms with van der Waals surface area (Å²) in [4.78, 5) is 25.5. The lowest BCUT2D eigenvalue weighted by atomic mass is 10.1. The molecular weight excluding hydrogens is 861 g/mol. The Bertz CT molecular complexity index is 1510. The summed E-state index contributed by atoms with van der Waals surface area (Å²) in [7, 11) is 0. The normalized spacial score (nSPS) is 13.4. The van der Waals surface area contributed by atoms with Gasteiger partial charge in [0.05, 0.1) is 13.0 Å². The van der Waals surface area contributed by atoms with Crippen LogP contribution in [0, 0.1) is 0 Å². The first kappa shape index (κ1) is 65.8. The summed E-state index contributed by atoms with van der Waals surface area (Å²) in [6.07, 6.45) is 86.0. The van der Waals surface area contributed by atoms with E-state index in [1.165, 1.54) is 77.0 Å². The summed E-state index contributed by atoms with van der Waals surface area (Å²) in [5.41, 5.74) is 0. The maximum atomic E-state index is 12.8. The minimum absolute atomic E-state index is 0.0244. The van der Waals surface area contributed by atoms with Crippen LogP contribution in [0.4, 0.5) is 0 Å². The van der Waals surface area contributed by atoms with Crippen molar-refractivity contribution in [3.05, 3.63) is 146 Å². The Balaban J connectivity index is 4.45. The molecular formula is C65H104O5. The fourth-order valence-corrected chi connectivity index (χ4v) is 7.23. The maximum absolute atomic E-state index is 12.8. The Hall–Kier alpha value is -4.22. The number of rotatable bonds is 50. The van der Waals surface area contributed by atoms with E-state index >= 15 is 0 Å². The highest BCUT2D eigenvalue weighted by atomic mass is 16.6. The van der Waals surface area contributed by atoms with Crippen LogP contribution < -0.4 is 0 Å². The Morgan fingerprint density at radius 3 is 1.10 bits per heavy atom. The number of carbonyl (C=O) groups is 2. The molecule has 5 nitrogen and oxygen atoms in total. The predicted octanol–water partition coefficient (Wildman–Crippen LogP) is 19.7. The highest BCUT2D eigenvalue weighted by Gasteiger charge is 2.17. The standard InChI is InChI=1S/C65H104O5/c1-4-7-10-13-16-19-22-25-28-30-32-34-36-39-42-45-48-51-54-57-60-68-61-63(70-65(67)59-56-53-50-47-44-41-37-27-24-21-18-15-12-9-6-3)62-69-64(66)58-55-52-49-46-43-40-38-35-33-31-29-26-23-20-17-14-11-8-5-2/h7,9-10,12,16-21,25-29,32-35,37,44,47,53,56,63H,4-6,8,11,13-15,22-24,30-31,36,38-43,45-46,48-52,54-55,57-62H2,1-3H3/b10-7-,12-9-,19-16-,20-17-,21-18-,28-25-,29-26-,34-32-,35-33-,37-27-,47-44-,56-53-. The van der Waals surface area contributed by atoms with E-state index in [4.69, 9.17) is 14.2 Å².